The number of benzene rings is 1. The lowest BCUT2D eigenvalue weighted by Crippen LogP contribution is -2.40. The van der Waals surface area contributed by atoms with E-state index in [0.717, 1.165) is 5.69 Å². The minimum absolute atomic E-state index is 0.0179. The third-order valence-electron chi connectivity index (χ3n) is 3.09. The van der Waals surface area contributed by atoms with Crippen molar-refractivity contribution in [2.45, 2.75) is 13.8 Å². The Kier molecular flexibility index (Phi) is 5.63. The Morgan fingerprint density at radius 1 is 1.33 bits per heavy atom. The Labute approximate surface area is 114 Å². The lowest BCUT2D eigenvalue weighted by molar-refractivity contribution is -0.123. The molecule has 3 nitrogen and oxygen atoms in total. The lowest BCUT2D eigenvalue weighted by Gasteiger charge is -2.26. The Morgan fingerprint density at radius 3 is 2.33 bits per heavy atom. The van der Waals surface area contributed by atoms with Gasteiger partial charge >= 0.3 is 0 Å². The second-order valence-electron chi connectivity index (χ2n) is 4.78. The Hall–Kier alpha value is -1.06. The largest absolute Gasteiger partial charge is 0.319 e. The molecule has 18 heavy (non-hydrogen) atoms. The van der Waals surface area contributed by atoms with Crippen molar-refractivity contribution in [3.63, 3.8) is 0 Å². The maximum absolute atomic E-state index is 12.4. The number of carbonyl (C=O) groups is 1. The lowest BCUT2D eigenvalue weighted by atomic mass is 9.94. The normalized spacial score (nSPS) is 12.6. The molecule has 1 aromatic rings. The molecule has 0 heterocycles. The van der Waals surface area contributed by atoms with E-state index in [2.05, 4.69) is 19.2 Å². The van der Waals surface area contributed by atoms with Crippen molar-refractivity contribution >= 4 is 23.2 Å². The molecular formula is C14H21ClN2O. The second-order valence-corrected chi connectivity index (χ2v) is 5.22. The Balaban J connectivity index is 2.84. The number of rotatable bonds is 5. The van der Waals surface area contributed by atoms with Gasteiger partial charge in [0, 0.05) is 24.3 Å². The highest BCUT2D eigenvalue weighted by atomic mass is 35.5. The number of nitrogens with one attached hydrogen (secondary N) is 1. The molecule has 0 saturated carbocycles. The maximum atomic E-state index is 12.4. The Bertz CT molecular complexity index is 389. The molecule has 0 aliphatic rings. The van der Waals surface area contributed by atoms with Crippen molar-refractivity contribution in [2.75, 3.05) is 25.5 Å². The van der Waals surface area contributed by atoms with Crippen LogP contribution in [0, 0.1) is 11.8 Å². The summed E-state index contributed by atoms with van der Waals surface area (Å²) in [6.07, 6.45) is 0. The molecule has 0 fully saturated rings. The second kappa shape index (κ2) is 6.76. The van der Waals surface area contributed by atoms with Crippen LogP contribution in [0.5, 0.6) is 0 Å². The summed E-state index contributed by atoms with van der Waals surface area (Å²) < 4.78 is 0. The summed E-state index contributed by atoms with van der Waals surface area (Å²) in [6.45, 7) is 4.82. The third-order valence-corrected chi connectivity index (χ3v) is 3.34. The van der Waals surface area contributed by atoms with Crippen molar-refractivity contribution in [1.82, 2.24) is 5.32 Å². The van der Waals surface area contributed by atoms with Crippen molar-refractivity contribution < 1.29 is 4.79 Å². The number of carbonyl (C=O) groups excluding carboxylic acids is 1. The SMILES string of the molecule is CNCC(C(=O)N(C)c1ccc(Cl)cc1)C(C)C. The highest BCUT2D eigenvalue weighted by molar-refractivity contribution is 6.30. The van der Waals surface area contributed by atoms with Crippen molar-refractivity contribution in [3.8, 4) is 0 Å². The van der Waals surface area contributed by atoms with E-state index in [0.29, 0.717) is 17.5 Å². The quantitative estimate of drug-likeness (QED) is 0.891. The number of hydrogen-bond donors (Lipinski definition) is 1. The first kappa shape index (κ1) is 15.0. The van der Waals surface area contributed by atoms with Gasteiger partial charge in [-0.2, -0.15) is 0 Å². The van der Waals surface area contributed by atoms with E-state index in [1.807, 2.05) is 19.2 Å². The van der Waals surface area contributed by atoms with Gasteiger partial charge in [0.25, 0.3) is 0 Å². The molecule has 0 bridgehead atoms. The van der Waals surface area contributed by atoms with Crippen LogP contribution in [0.3, 0.4) is 0 Å². The van der Waals surface area contributed by atoms with Gasteiger partial charge in [0.2, 0.25) is 5.91 Å². The van der Waals surface area contributed by atoms with Crippen molar-refractivity contribution in [2.24, 2.45) is 11.8 Å². The van der Waals surface area contributed by atoms with Crippen LogP contribution in [0.15, 0.2) is 24.3 Å². The average molecular weight is 269 g/mol. The fourth-order valence-electron chi connectivity index (χ4n) is 1.87. The van der Waals surface area contributed by atoms with Crippen LogP contribution in [-0.4, -0.2) is 26.5 Å². The highest BCUT2D eigenvalue weighted by Gasteiger charge is 2.25. The van der Waals surface area contributed by atoms with Gasteiger partial charge in [-0.1, -0.05) is 25.4 Å². The van der Waals surface area contributed by atoms with Gasteiger partial charge in [-0.25, -0.2) is 0 Å². The van der Waals surface area contributed by atoms with E-state index < -0.39 is 0 Å². The summed E-state index contributed by atoms with van der Waals surface area (Å²) in [5.74, 6) is 0.414. The number of amides is 1. The molecule has 1 rings (SSSR count). The molecule has 1 atom stereocenters. The summed E-state index contributed by atoms with van der Waals surface area (Å²) in [5, 5.41) is 3.75. The highest BCUT2D eigenvalue weighted by Crippen LogP contribution is 2.21. The molecule has 1 amide bonds. The zero-order valence-electron chi connectivity index (χ0n) is 11.4. The van der Waals surface area contributed by atoms with Crippen molar-refractivity contribution in [1.29, 1.82) is 0 Å². The van der Waals surface area contributed by atoms with Crippen LogP contribution in [-0.2, 0) is 4.79 Å². The molecule has 0 saturated heterocycles. The summed E-state index contributed by atoms with van der Waals surface area (Å²) in [4.78, 5) is 14.1. The molecule has 0 aliphatic heterocycles. The van der Waals surface area contributed by atoms with Gasteiger partial charge in [-0.3, -0.25) is 4.79 Å². The van der Waals surface area contributed by atoms with Crippen molar-refractivity contribution in [3.05, 3.63) is 29.3 Å². The molecule has 0 aliphatic carbocycles. The van der Waals surface area contributed by atoms with E-state index in [1.165, 1.54) is 0 Å². The van der Waals surface area contributed by atoms with E-state index >= 15 is 0 Å². The molecule has 0 spiro atoms. The molecule has 1 aromatic carbocycles. The van der Waals surface area contributed by atoms with Gasteiger partial charge in [-0.15, -0.1) is 0 Å². The molecule has 0 radical (unpaired) electrons. The average Bonchev–Trinajstić information content (AvgIpc) is 2.35. The smallest absolute Gasteiger partial charge is 0.231 e. The number of nitrogens with zero attached hydrogens (tertiary/aromatic N) is 1. The predicted octanol–water partition coefficient (Wildman–Crippen LogP) is 2.79. The zero-order chi connectivity index (χ0) is 13.7. The van der Waals surface area contributed by atoms with E-state index in [1.54, 1.807) is 24.1 Å². The topological polar surface area (TPSA) is 32.3 Å². The van der Waals surface area contributed by atoms with Crippen LogP contribution in [0.4, 0.5) is 5.69 Å². The molecule has 100 valence electrons. The zero-order valence-corrected chi connectivity index (χ0v) is 12.2. The summed E-state index contributed by atoms with van der Waals surface area (Å²) in [5.41, 5.74) is 0.867. The van der Waals surface area contributed by atoms with Crippen LogP contribution in [0.2, 0.25) is 5.02 Å². The molecule has 0 aromatic heterocycles. The first-order valence-electron chi connectivity index (χ1n) is 6.15. The predicted molar refractivity (Wildman–Crippen MR) is 77.1 cm³/mol. The van der Waals surface area contributed by atoms with Crippen LogP contribution in [0.1, 0.15) is 13.8 Å². The molecule has 4 heteroatoms. The maximum Gasteiger partial charge on any atom is 0.231 e. The van der Waals surface area contributed by atoms with Gasteiger partial charge in [-0.05, 0) is 37.2 Å². The summed E-state index contributed by atoms with van der Waals surface area (Å²) >= 11 is 5.85. The van der Waals surface area contributed by atoms with E-state index in [-0.39, 0.29) is 11.8 Å². The standard InChI is InChI=1S/C14H21ClN2O/c1-10(2)13(9-16-3)14(18)17(4)12-7-5-11(15)6-8-12/h5-8,10,13,16H,9H2,1-4H3. The molecule has 1 N–H and O–H groups in total. The molecular weight excluding hydrogens is 248 g/mol. The number of hydrogen-bond acceptors (Lipinski definition) is 2. The first-order valence-corrected chi connectivity index (χ1v) is 6.53. The Morgan fingerprint density at radius 2 is 1.89 bits per heavy atom. The summed E-state index contributed by atoms with van der Waals surface area (Å²) in [6, 6.07) is 7.31. The first-order chi connectivity index (χ1) is 8.47. The fourth-order valence-corrected chi connectivity index (χ4v) is 1.99. The third kappa shape index (κ3) is 3.72. The van der Waals surface area contributed by atoms with Crippen LogP contribution >= 0.6 is 11.6 Å². The minimum atomic E-state index is -0.0179. The van der Waals surface area contributed by atoms with Gasteiger partial charge < -0.3 is 10.2 Å². The fraction of sp³-hybridized carbons (Fsp3) is 0.500. The molecule has 1 unspecified atom stereocenters. The van der Waals surface area contributed by atoms with Gasteiger partial charge in [0.1, 0.15) is 0 Å². The van der Waals surface area contributed by atoms with E-state index in [4.69, 9.17) is 11.6 Å². The van der Waals surface area contributed by atoms with Gasteiger partial charge in [0.05, 0.1) is 5.92 Å². The monoisotopic (exact) mass is 268 g/mol. The van der Waals surface area contributed by atoms with Crippen LogP contribution in [0.25, 0.3) is 0 Å². The summed E-state index contributed by atoms with van der Waals surface area (Å²) in [7, 11) is 3.67. The van der Waals surface area contributed by atoms with Gasteiger partial charge in [0.15, 0.2) is 0 Å². The van der Waals surface area contributed by atoms with E-state index in [9.17, 15) is 4.79 Å². The van der Waals surface area contributed by atoms with Crippen LogP contribution < -0.4 is 10.2 Å². The minimum Gasteiger partial charge on any atom is -0.319 e. The number of halogens is 1. The number of anilines is 1.